The summed E-state index contributed by atoms with van der Waals surface area (Å²) in [6, 6.07) is 22.4. The van der Waals surface area contributed by atoms with E-state index in [1.165, 1.54) is 12.1 Å². The van der Waals surface area contributed by atoms with Crippen molar-refractivity contribution in [2.45, 2.75) is 0 Å². The number of amides is 1. The second kappa shape index (κ2) is 7.48. The van der Waals surface area contributed by atoms with Crippen molar-refractivity contribution < 1.29 is 13.9 Å². The van der Waals surface area contributed by atoms with Crippen LogP contribution < -0.4 is 10.1 Å². The van der Waals surface area contributed by atoms with E-state index >= 15 is 0 Å². The molecule has 0 saturated heterocycles. The molecular weight excluding hydrogens is 355 g/mol. The van der Waals surface area contributed by atoms with Gasteiger partial charge in [0.15, 0.2) is 0 Å². The van der Waals surface area contributed by atoms with Crippen molar-refractivity contribution in [3.63, 3.8) is 0 Å². The molecule has 0 bridgehead atoms. The number of fused-ring (bicyclic) bond motifs is 1. The molecule has 4 aromatic rings. The quantitative estimate of drug-likeness (QED) is 0.529. The number of hydrogen-bond acceptors (Lipinski definition) is 3. The fraction of sp³-hybridized carbons (Fsp3) is 0.0435. The lowest BCUT2D eigenvalue weighted by atomic mass is 10.0. The number of para-hydroxylation sites is 1. The molecule has 3 aromatic carbocycles. The Bertz CT molecular complexity index is 1140. The number of nitrogens with zero attached hydrogens (tertiary/aromatic N) is 1. The SMILES string of the molecule is COc1ccc(NC(=O)c2cc(-c3ccc(F)cc3)nc3ccccc23)cc1. The first-order valence-corrected chi connectivity index (χ1v) is 8.75. The van der Waals surface area contributed by atoms with Crippen molar-refractivity contribution in [3.05, 3.63) is 90.2 Å². The third-order valence-electron chi connectivity index (χ3n) is 4.45. The fourth-order valence-corrected chi connectivity index (χ4v) is 3.00. The molecule has 0 aliphatic carbocycles. The van der Waals surface area contributed by atoms with Crippen molar-refractivity contribution in [1.82, 2.24) is 4.98 Å². The normalized spacial score (nSPS) is 10.6. The monoisotopic (exact) mass is 372 g/mol. The maximum Gasteiger partial charge on any atom is 0.256 e. The Balaban J connectivity index is 1.75. The first-order valence-electron chi connectivity index (χ1n) is 8.75. The summed E-state index contributed by atoms with van der Waals surface area (Å²) in [5.74, 6) is 0.153. The minimum Gasteiger partial charge on any atom is -0.497 e. The minimum absolute atomic E-state index is 0.243. The van der Waals surface area contributed by atoms with Crippen LogP contribution in [0.4, 0.5) is 10.1 Å². The molecule has 1 amide bonds. The maximum absolute atomic E-state index is 13.3. The van der Waals surface area contributed by atoms with Crippen molar-refractivity contribution in [2.75, 3.05) is 12.4 Å². The van der Waals surface area contributed by atoms with Crippen LogP contribution in [0.25, 0.3) is 22.2 Å². The molecule has 0 atom stereocenters. The highest BCUT2D eigenvalue weighted by molar-refractivity contribution is 6.13. The Morgan fingerprint density at radius 3 is 2.39 bits per heavy atom. The van der Waals surface area contributed by atoms with Crippen molar-refractivity contribution in [3.8, 4) is 17.0 Å². The van der Waals surface area contributed by atoms with E-state index in [4.69, 9.17) is 4.74 Å². The molecule has 0 saturated carbocycles. The molecule has 28 heavy (non-hydrogen) atoms. The van der Waals surface area contributed by atoms with E-state index in [2.05, 4.69) is 10.3 Å². The Hall–Kier alpha value is -3.73. The van der Waals surface area contributed by atoms with Crippen LogP contribution in [-0.4, -0.2) is 18.0 Å². The molecule has 4 rings (SSSR count). The first kappa shape index (κ1) is 17.7. The zero-order valence-corrected chi connectivity index (χ0v) is 15.1. The van der Waals surface area contributed by atoms with Gasteiger partial charge in [-0.25, -0.2) is 9.37 Å². The number of anilines is 1. The number of benzene rings is 3. The van der Waals surface area contributed by atoms with Crippen LogP contribution in [0.15, 0.2) is 78.9 Å². The summed E-state index contributed by atoms with van der Waals surface area (Å²) in [4.78, 5) is 17.6. The van der Waals surface area contributed by atoms with Gasteiger partial charge in [0, 0.05) is 16.6 Å². The van der Waals surface area contributed by atoms with Crippen LogP contribution in [0, 0.1) is 5.82 Å². The number of rotatable bonds is 4. The van der Waals surface area contributed by atoms with E-state index < -0.39 is 0 Å². The first-order chi connectivity index (χ1) is 13.6. The summed E-state index contributed by atoms with van der Waals surface area (Å²) in [6.07, 6.45) is 0. The van der Waals surface area contributed by atoms with Gasteiger partial charge in [0.05, 0.1) is 23.9 Å². The van der Waals surface area contributed by atoms with Crippen LogP contribution in [0.1, 0.15) is 10.4 Å². The molecule has 5 heteroatoms. The standard InChI is InChI=1S/C23H17FN2O2/c1-28-18-12-10-17(11-13-18)25-23(27)20-14-22(15-6-8-16(24)9-7-15)26-21-5-3-2-4-19(20)21/h2-14H,1H3,(H,25,27). The van der Waals surface area contributed by atoms with Crippen LogP contribution in [-0.2, 0) is 0 Å². The number of methoxy groups -OCH3 is 1. The fourth-order valence-electron chi connectivity index (χ4n) is 3.00. The summed E-state index contributed by atoms with van der Waals surface area (Å²) in [5.41, 5.74) is 3.21. The van der Waals surface area contributed by atoms with Gasteiger partial charge in [-0.1, -0.05) is 18.2 Å². The summed E-state index contributed by atoms with van der Waals surface area (Å²) in [7, 11) is 1.59. The molecule has 0 aliphatic heterocycles. The number of ether oxygens (including phenoxy) is 1. The second-order valence-corrected chi connectivity index (χ2v) is 6.26. The zero-order valence-electron chi connectivity index (χ0n) is 15.1. The van der Waals surface area contributed by atoms with Gasteiger partial charge in [-0.2, -0.15) is 0 Å². The average Bonchev–Trinajstić information content (AvgIpc) is 2.74. The number of carbonyl (C=O) groups excluding carboxylic acids is 1. The highest BCUT2D eigenvalue weighted by Crippen LogP contribution is 2.26. The third-order valence-corrected chi connectivity index (χ3v) is 4.45. The largest absolute Gasteiger partial charge is 0.497 e. The molecule has 4 nitrogen and oxygen atoms in total. The zero-order chi connectivity index (χ0) is 19.5. The Labute approximate surface area is 161 Å². The highest BCUT2D eigenvalue weighted by Gasteiger charge is 2.14. The lowest BCUT2D eigenvalue weighted by Crippen LogP contribution is -2.13. The molecule has 1 heterocycles. The molecular formula is C23H17FN2O2. The number of aromatic nitrogens is 1. The van der Waals surface area contributed by atoms with Gasteiger partial charge in [0.1, 0.15) is 11.6 Å². The molecule has 1 aromatic heterocycles. The van der Waals surface area contributed by atoms with Crippen molar-refractivity contribution in [1.29, 1.82) is 0 Å². The number of hydrogen-bond donors (Lipinski definition) is 1. The number of halogens is 1. The van der Waals surface area contributed by atoms with Gasteiger partial charge in [-0.05, 0) is 60.7 Å². The third kappa shape index (κ3) is 3.55. The van der Waals surface area contributed by atoms with E-state index in [1.54, 1.807) is 49.6 Å². The minimum atomic E-state index is -0.318. The average molecular weight is 372 g/mol. The summed E-state index contributed by atoms with van der Waals surface area (Å²) < 4.78 is 18.4. The Morgan fingerprint density at radius 1 is 0.964 bits per heavy atom. The predicted molar refractivity (Wildman–Crippen MR) is 108 cm³/mol. The molecule has 0 unspecified atom stereocenters. The van der Waals surface area contributed by atoms with Gasteiger partial charge in [0.25, 0.3) is 5.91 Å². The molecule has 0 fully saturated rings. The summed E-state index contributed by atoms with van der Waals surface area (Å²) >= 11 is 0. The van der Waals surface area contributed by atoms with Gasteiger partial charge < -0.3 is 10.1 Å². The van der Waals surface area contributed by atoms with Crippen LogP contribution in [0.3, 0.4) is 0 Å². The van der Waals surface area contributed by atoms with E-state index in [1.807, 2.05) is 24.3 Å². The second-order valence-electron chi connectivity index (χ2n) is 6.26. The smallest absolute Gasteiger partial charge is 0.256 e. The molecule has 138 valence electrons. The maximum atomic E-state index is 13.3. The van der Waals surface area contributed by atoms with Gasteiger partial charge in [0.2, 0.25) is 0 Å². The number of carbonyl (C=O) groups is 1. The summed E-state index contributed by atoms with van der Waals surface area (Å²) in [6.45, 7) is 0. The van der Waals surface area contributed by atoms with E-state index in [-0.39, 0.29) is 11.7 Å². The lowest BCUT2D eigenvalue weighted by molar-refractivity contribution is 0.102. The molecule has 0 spiro atoms. The van der Waals surface area contributed by atoms with Gasteiger partial charge in [-0.15, -0.1) is 0 Å². The molecule has 1 N–H and O–H groups in total. The van der Waals surface area contributed by atoms with Crippen molar-refractivity contribution in [2.24, 2.45) is 0 Å². The van der Waals surface area contributed by atoms with Crippen molar-refractivity contribution >= 4 is 22.5 Å². The number of nitrogens with one attached hydrogen (secondary N) is 1. The van der Waals surface area contributed by atoms with Gasteiger partial charge >= 0.3 is 0 Å². The van der Waals surface area contributed by atoms with E-state index in [0.717, 1.165) is 10.9 Å². The number of pyridine rings is 1. The Morgan fingerprint density at radius 2 is 1.68 bits per heavy atom. The van der Waals surface area contributed by atoms with Crippen LogP contribution in [0.2, 0.25) is 0 Å². The topological polar surface area (TPSA) is 51.2 Å². The summed E-state index contributed by atoms with van der Waals surface area (Å²) in [5, 5.41) is 3.66. The van der Waals surface area contributed by atoms with Gasteiger partial charge in [-0.3, -0.25) is 4.79 Å². The van der Waals surface area contributed by atoms with E-state index in [9.17, 15) is 9.18 Å². The predicted octanol–water partition coefficient (Wildman–Crippen LogP) is 5.30. The van der Waals surface area contributed by atoms with Crippen LogP contribution >= 0.6 is 0 Å². The Kier molecular flexibility index (Phi) is 4.72. The van der Waals surface area contributed by atoms with Crippen LogP contribution in [0.5, 0.6) is 5.75 Å². The molecule has 0 aliphatic rings. The highest BCUT2D eigenvalue weighted by atomic mass is 19.1. The van der Waals surface area contributed by atoms with E-state index in [0.29, 0.717) is 28.2 Å². The molecule has 0 radical (unpaired) electrons. The lowest BCUT2D eigenvalue weighted by Gasteiger charge is -2.11.